The summed E-state index contributed by atoms with van der Waals surface area (Å²) in [5.41, 5.74) is 2.58. The van der Waals surface area contributed by atoms with Gasteiger partial charge in [0.25, 0.3) is 0 Å². The largest absolute Gasteiger partial charge is 0.192 e. The van der Waals surface area contributed by atoms with Crippen molar-refractivity contribution in [1.82, 2.24) is 0 Å². The number of benzene rings is 2. The predicted molar refractivity (Wildman–Crippen MR) is 80.4 cm³/mol. The lowest BCUT2D eigenvalue weighted by atomic mass is 9.95. The van der Waals surface area contributed by atoms with E-state index in [-0.39, 0.29) is 11.1 Å². The van der Waals surface area contributed by atoms with Crippen molar-refractivity contribution in [1.29, 1.82) is 21.0 Å². The fourth-order valence-electron chi connectivity index (χ4n) is 1.95. The zero-order valence-corrected chi connectivity index (χ0v) is 11.4. The molecule has 0 amide bonds. The monoisotopic (exact) mass is 280 g/mol. The van der Waals surface area contributed by atoms with Gasteiger partial charge in [-0.1, -0.05) is 24.3 Å². The van der Waals surface area contributed by atoms with Crippen LogP contribution in [0.5, 0.6) is 0 Å². The van der Waals surface area contributed by atoms with E-state index in [0.29, 0.717) is 22.3 Å². The highest BCUT2D eigenvalue weighted by molar-refractivity contribution is 6.02. The first kappa shape index (κ1) is 14.5. The predicted octanol–water partition coefficient (Wildman–Crippen LogP) is 3.39. The minimum absolute atomic E-state index is 0.233. The van der Waals surface area contributed by atoms with Gasteiger partial charge in [0.05, 0.1) is 34.4 Å². The molecular weight excluding hydrogens is 272 g/mol. The van der Waals surface area contributed by atoms with Crippen molar-refractivity contribution in [2.24, 2.45) is 0 Å². The molecule has 2 aromatic rings. The van der Waals surface area contributed by atoms with Gasteiger partial charge in [0.1, 0.15) is 12.1 Å². The summed E-state index contributed by atoms with van der Waals surface area (Å²) < 4.78 is 0. The highest BCUT2D eigenvalue weighted by Gasteiger charge is 2.11. The lowest BCUT2D eigenvalue weighted by molar-refractivity contribution is 1.46. The zero-order chi connectivity index (χ0) is 15.9. The smallest absolute Gasteiger partial charge is 0.101 e. The molecule has 4 heteroatoms. The van der Waals surface area contributed by atoms with Gasteiger partial charge in [-0.25, -0.2) is 0 Å². The van der Waals surface area contributed by atoms with Crippen molar-refractivity contribution in [3.63, 3.8) is 0 Å². The molecule has 0 spiro atoms. The Kier molecular flexibility index (Phi) is 4.32. The third kappa shape index (κ3) is 2.83. The van der Waals surface area contributed by atoms with E-state index in [1.807, 2.05) is 24.3 Å². The minimum Gasteiger partial charge on any atom is -0.192 e. The number of rotatable bonds is 2. The molecule has 0 aromatic heterocycles. The van der Waals surface area contributed by atoms with Gasteiger partial charge in [0.2, 0.25) is 0 Å². The average molecular weight is 280 g/mol. The molecule has 0 aliphatic carbocycles. The summed E-state index contributed by atoms with van der Waals surface area (Å²) in [6, 6.07) is 21.0. The van der Waals surface area contributed by atoms with E-state index in [0.717, 1.165) is 0 Å². The Morgan fingerprint density at radius 1 is 0.545 bits per heavy atom. The molecule has 0 fully saturated rings. The van der Waals surface area contributed by atoms with Crippen molar-refractivity contribution in [3.05, 3.63) is 70.8 Å². The molecule has 0 saturated carbocycles. The highest BCUT2D eigenvalue weighted by atomic mass is 14.3. The van der Waals surface area contributed by atoms with Gasteiger partial charge in [0, 0.05) is 0 Å². The Morgan fingerprint density at radius 2 is 0.864 bits per heavy atom. The van der Waals surface area contributed by atoms with Crippen LogP contribution in [0.25, 0.3) is 11.1 Å². The van der Waals surface area contributed by atoms with Gasteiger partial charge >= 0.3 is 0 Å². The lowest BCUT2D eigenvalue weighted by Crippen LogP contribution is -1.90. The molecule has 0 aliphatic rings. The van der Waals surface area contributed by atoms with Crippen LogP contribution in [0.1, 0.15) is 22.3 Å². The van der Waals surface area contributed by atoms with E-state index in [2.05, 4.69) is 0 Å². The van der Waals surface area contributed by atoms with E-state index >= 15 is 0 Å². The van der Waals surface area contributed by atoms with Crippen molar-refractivity contribution in [2.45, 2.75) is 0 Å². The normalized spacial score (nSPS) is 10.4. The SMILES string of the molecule is N#C/C(=C(/C#N)c1ccc(C#N)cc1)c1ccc(C#N)cc1. The molecule has 0 heterocycles. The van der Waals surface area contributed by atoms with Crippen molar-refractivity contribution >= 4 is 11.1 Å². The van der Waals surface area contributed by atoms with Crippen molar-refractivity contribution < 1.29 is 0 Å². The highest BCUT2D eigenvalue weighted by Crippen LogP contribution is 2.26. The molecule has 2 rings (SSSR count). The molecule has 100 valence electrons. The first-order valence-electron chi connectivity index (χ1n) is 6.29. The van der Waals surface area contributed by atoms with Crippen LogP contribution in [0.2, 0.25) is 0 Å². The summed E-state index contributed by atoms with van der Waals surface area (Å²) in [5, 5.41) is 36.4. The van der Waals surface area contributed by atoms with Crippen LogP contribution in [-0.2, 0) is 0 Å². The van der Waals surface area contributed by atoms with Crippen LogP contribution >= 0.6 is 0 Å². The topological polar surface area (TPSA) is 95.2 Å². The maximum Gasteiger partial charge on any atom is 0.101 e. The molecule has 0 aliphatic heterocycles. The fraction of sp³-hybridized carbons (Fsp3) is 0. The molecule has 0 unspecified atom stereocenters. The Morgan fingerprint density at radius 3 is 1.09 bits per heavy atom. The van der Waals surface area contributed by atoms with Gasteiger partial charge in [-0.05, 0) is 35.4 Å². The van der Waals surface area contributed by atoms with E-state index < -0.39 is 0 Å². The average Bonchev–Trinajstić information content (AvgIpc) is 2.60. The number of hydrogen-bond acceptors (Lipinski definition) is 4. The molecule has 0 bridgehead atoms. The molecule has 0 saturated heterocycles. The summed E-state index contributed by atoms with van der Waals surface area (Å²) in [5.74, 6) is 0. The van der Waals surface area contributed by atoms with Crippen LogP contribution in [0, 0.1) is 45.3 Å². The van der Waals surface area contributed by atoms with Crippen molar-refractivity contribution in [3.8, 4) is 24.3 Å². The number of allylic oxidation sites excluding steroid dienone is 2. The van der Waals surface area contributed by atoms with Crippen molar-refractivity contribution in [2.75, 3.05) is 0 Å². The van der Waals surface area contributed by atoms with Gasteiger partial charge in [-0.3, -0.25) is 0 Å². The third-order valence-electron chi connectivity index (χ3n) is 3.08. The van der Waals surface area contributed by atoms with Crippen LogP contribution in [0.4, 0.5) is 0 Å². The Balaban J connectivity index is 2.58. The first-order chi connectivity index (χ1) is 10.7. The quantitative estimate of drug-likeness (QED) is 0.622. The Labute approximate surface area is 128 Å². The van der Waals surface area contributed by atoms with Gasteiger partial charge in [-0.2, -0.15) is 21.0 Å². The molecule has 0 radical (unpaired) electrons. The van der Waals surface area contributed by atoms with E-state index in [1.54, 1.807) is 48.5 Å². The van der Waals surface area contributed by atoms with Gasteiger partial charge in [0.15, 0.2) is 0 Å². The first-order valence-corrected chi connectivity index (χ1v) is 6.29. The van der Waals surface area contributed by atoms with Crippen LogP contribution in [0.3, 0.4) is 0 Å². The van der Waals surface area contributed by atoms with Gasteiger partial charge < -0.3 is 0 Å². The molecule has 4 nitrogen and oxygen atoms in total. The van der Waals surface area contributed by atoms with E-state index in [9.17, 15) is 10.5 Å². The molecular formula is C18H8N4. The second kappa shape index (κ2) is 6.53. The molecule has 22 heavy (non-hydrogen) atoms. The second-order valence-electron chi connectivity index (χ2n) is 4.35. The van der Waals surface area contributed by atoms with Gasteiger partial charge in [-0.15, -0.1) is 0 Å². The number of nitrogens with zero attached hydrogens (tertiary/aromatic N) is 4. The summed E-state index contributed by atoms with van der Waals surface area (Å²) in [6.07, 6.45) is 0. The molecule has 2 aromatic carbocycles. The second-order valence-corrected chi connectivity index (χ2v) is 4.35. The van der Waals surface area contributed by atoms with Crippen LogP contribution in [-0.4, -0.2) is 0 Å². The zero-order valence-electron chi connectivity index (χ0n) is 11.4. The summed E-state index contributed by atoms with van der Waals surface area (Å²) in [7, 11) is 0. The maximum atomic E-state index is 9.39. The number of hydrogen-bond donors (Lipinski definition) is 0. The van der Waals surface area contributed by atoms with Crippen LogP contribution < -0.4 is 0 Å². The summed E-state index contributed by atoms with van der Waals surface area (Å²) in [4.78, 5) is 0. The molecule has 0 N–H and O–H groups in total. The van der Waals surface area contributed by atoms with Crippen LogP contribution in [0.15, 0.2) is 48.5 Å². The van der Waals surface area contributed by atoms with E-state index in [1.165, 1.54) is 0 Å². The molecule has 0 atom stereocenters. The Hall–Kier alpha value is -3.86. The lowest BCUT2D eigenvalue weighted by Gasteiger charge is -2.04. The summed E-state index contributed by atoms with van der Waals surface area (Å²) >= 11 is 0. The summed E-state index contributed by atoms with van der Waals surface area (Å²) in [6.45, 7) is 0. The van der Waals surface area contributed by atoms with E-state index in [4.69, 9.17) is 10.5 Å². The fourth-order valence-corrected chi connectivity index (χ4v) is 1.95. The minimum atomic E-state index is 0.233. The maximum absolute atomic E-state index is 9.39. The number of nitriles is 4. The Bertz CT molecular complexity index is 813. The standard InChI is InChI=1S/C18H8N4/c19-9-13-1-5-15(6-2-13)17(11-21)18(12-22)16-7-3-14(10-20)4-8-16/h1-8H/b18-17+. The third-order valence-corrected chi connectivity index (χ3v) is 3.08.